The molecule has 1 aromatic rings. The summed E-state index contributed by atoms with van der Waals surface area (Å²) in [6, 6.07) is 5.84. The van der Waals surface area contributed by atoms with E-state index < -0.39 is 0 Å². The number of hydrogen-bond acceptors (Lipinski definition) is 4. The SMILES string of the molecule is COc1ccc(OC)c(NC(=O)CCC2CCCN2)c1. The molecule has 1 amide bonds. The van der Waals surface area contributed by atoms with E-state index in [1.807, 2.05) is 0 Å². The van der Waals surface area contributed by atoms with Crippen molar-refractivity contribution in [3.63, 3.8) is 0 Å². The molecule has 1 saturated heterocycles. The third-order valence-corrected chi connectivity index (χ3v) is 3.56. The van der Waals surface area contributed by atoms with Gasteiger partial charge in [0, 0.05) is 18.5 Å². The summed E-state index contributed by atoms with van der Waals surface area (Å²) < 4.78 is 10.4. The quantitative estimate of drug-likeness (QED) is 0.837. The van der Waals surface area contributed by atoms with Crippen LogP contribution in [-0.2, 0) is 4.79 Å². The van der Waals surface area contributed by atoms with Gasteiger partial charge < -0.3 is 20.1 Å². The van der Waals surface area contributed by atoms with E-state index in [1.54, 1.807) is 32.4 Å². The predicted molar refractivity (Wildman–Crippen MR) is 78.4 cm³/mol. The maximum absolute atomic E-state index is 12.0. The molecule has 1 aromatic carbocycles. The molecule has 2 N–H and O–H groups in total. The van der Waals surface area contributed by atoms with E-state index in [4.69, 9.17) is 9.47 Å². The Bertz CT molecular complexity index is 456. The molecular formula is C15H22N2O3. The average Bonchev–Trinajstić information content (AvgIpc) is 2.98. The van der Waals surface area contributed by atoms with E-state index in [1.165, 1.54) is 6.42 Å². The molecule has 0 saturated carbocycles. The van der Waals surface area contributed by atoms with Gasteiger partial charge in [0.15, 0.2) is 0 Å². The van der Waals surface area contributed by atoms with Crippen molar-refractivity contribution in [1.82, 2.24) is 5.32 Å². The molecule has 0 bridgehead atoms. The van der Waals surface area contributed by atoms with Crippen LogP contribution in [0.1, 0.15) is 25.7 Å². The molecular weight excluding hydrogens is 256 g/mol. The molecule has 20 heavy (non-hydrogen) atoms. The maximum atomic E-state index is 12.0. The molecule has 0 radical (unpaired) electrons. The molecule has 1 unspecified atom stereocenters. The summed E-state index contributed by atoms with van der Waals surface area (Å²) in [4.78, 5) is 12.0. The Balaban J connectivity index is 1.91. The Morgan fingerprint density at radius 2 is 2.25 bits per heavy atom. The lowest BCUT2D eigenvalue weighted by molar-refractivity contribution is -0.116. The van der Waals surface area contributed by atoms with Gasteiger partial charge in [-0.1, -0.05) is 0 Å². The number of methoxy groups -OCH3 is 2. The predicted octanol–water partition coefficient (Wildman–Crippen LogP) is 2.17. The first kappa shape index (κ1) is 14.7. The van der Waals surface area contributed by atoms with Gasteiger partial charge in [0.1, 0.15) is 11.5 Å². The minimum atomic E-state index is 0.00486. The van der Waals surface area contributed by atoms with Gasteiger partial charge in [0.25, 0.3) is 0 Å². The van der Waals surface area contributed by atoms with E-state index in [9.17, 15) is 4.79 Å². The molecule has 2 rings (SSSR count). The van der Waals surface area contributed by atoms with Crippen molar-refractivity contribution in [3.05, 3.63) is 18.2 Å². The number of anilines is 1. The van der Waals surface area contributed by atoms with Gasteiger partial charge >= 0.3 is 0 Å². The summed E-state index contributed by atoms with van der Waals surface area (Å²) in [7, 11) is 3.18. The average molecular weight is 278 g/mol. The number of amides is 1. The summed E-state index contributed by atoms with van der Waals surface area (Å²) in [6.07, 6.45) is 3.75. The molecule has 5 heteroatoms. The van der Waals surface area contributed by atoms with Gasteiger partial charge in [-0.15, -0.1) is 0 Å². The highest BCUT2D eigenvalue weighted by atomic mass is 16.5. The largest absolute Gasteiger partial charge is 0.497 e. The topological polar surface area (TPSA) is 59.6 Å². The minimum Gasteiger partial charge on any atom is -0.497 e. The number of ether oxygens (including phenoxy) is 2. The fourth-order valence-corrected chi connectivity index (χ4v) is 2.43. The number of benzene rings is 1. The highest BCUT2D eigenvalue weighted by Crippen LogP contribution is 2.29. The van der Waals surface area contributed by atoms with Crippen LogP contribution in [0.15, 0.2) is 18.2 Å². The number of rotatable bonds is 6. The van der Waals surface area contributed by atoms with Crippen LogP contribution in [0.25, 0.3) is 0 Å². The molecule has 1 fully saturated rings. The molecule has 0 aromatic heterocycles. The summed E-state index contributed by atoms with van der Waals surface area (Å²) >= 11 is 0. The van der Waals surface area contributed by atoms with E-state index in [-0.39, 0.29) is 5.91 Å². The number of nitrogens with one attached hydrogen (secondary N) is 2. The van der Waals surface area contributed by atoms with Crippen LogP contribution < -0.4 is 20.1 Å². The van der Waals surface area contributed by atoms with Crippen LogP contribution >= 0.6 is 0 Å². The van der Waals surface area contributed by atoms with E-state index in [0.717, 1.165) is 19.4 Å². The molecule has 1 atom stereocenters. The van der Waals surface area contributed by atoms with E-state index >= 15 is 0 Å². The highest BCUT2D eigenvalue weighted by Gasteiger charge is 2.16. The van der Waals surface area contributed by atoms with Crippen LogP contribution in [0.3, 0.4) is 0 Å². The van der Waals surface area contributed by atoms with Crippen molar-refractivity contribution in [2.45, 2.75) is 31.7 Å². The Morgan fingerprint density at radius 1 is 1.40 bits per heavy atom. The van der Waals surface area contributed by atoms with Crippen molar-refractivity contribution in [2.24, 2.45) is 0 Å². The first-order valence-electron chi connectivity index (χ1n) is 6.98. The lowest BCUT2D eigenvalue weighted by Gasteiger charge is -2.13. The Hall–Kier alpha value is -1.75. The highest BCUT2D eigenvalue weighted by molar-refractivity contribution is 5.92. The molecule has 0 aliphatic carbocycles. The first-order chi connectivity index (χ1) is 9.72. The van der Waals surface area contributed by atoms with Crippen LogP contribution in [0.2, 0.25) is 0 Å². The van der Waals surface area contributed by atoms with Crippen LogP contribution in [0.5, 0.6) is 11.5 Å². The number of carbonyl (C=O) groups excluding carboxylic acids is 1. The van der Waals surface area contributed by atoms with Crippen molar-refractivity contribution in [1.29, 1.82) is 0 Å². The first-order valence-corrected chi connectivity index (χ1v) is 6.98. The molecule has 1 aliphatic rings. The molecule has 0 spiro atoms. The lowest BCUT2D eigenvalue weighted by Crippen LogP contribution is -2.23. The van der Waals surface area contributed by atoms with Gasteiger partial charge in [0.05, 0.1) is 19.9 Å². The second kappa shape index (κ2) is 7.14. The van der Waals surface area contributed by atoms with Gasteiger partial charge in [-0.05, 0) is 37.9 Å². The van der Waals surface area contributed by atoms with Crippen LogP contribution in [0, 0.1) is 0 Å². The van der Waals surface area contributed by atoms with Crippen molar-refractivity contribution >= 4 is 11.6 Å². The maximum Gasteiger partial charge on any atom is 0.224 e. The number of hydrogen-bond donors (Lipinski definition) is 2. The zero-order chi connectivity index (χ0) is 14.4. The smallest absolute Gasteiger partial charge is 0.224 e. The summed E-state index contributed by atoms with van der Waals surface area (Å²) in [6.45, 7) is 1.07. The minimum absolute atomic E-state index is 0.00486. The third kappa shape index (κ3) is 3.87. The zero-order valence-electron chi connectivity index (χ0n) is 12.1. The Kier molecular flexibility index (Phi) is 5.24. The summed E-state index contributed by atoms with van der Waals surface area (Å²) in [5.74, 6) is 1.34. The van der Waals surface area contributed by atoms with Gasteiger partial charge in [-0.2, -0.15) is 0 Å². The van der Waals surface area contributed by atoms with E-state index in [2.05, 4.69) is 10.6 Å². The molecule has 1 aliphatic heterocycles. The summed E-state index contributed by atoms with van der Waals surface area (Å²) in [5, 5.41) is 6.28. The fraction of sp³-hybridized carbons (Fsp3) is 0.533. The van der Waals surface area contributed by atoms with Crippen LogP contribution in [0.4, 0.5) is 5.69 Å². The van der Waals surface area contributed by atoms with Crippen LogP contribution in [-0.4, -0.2) is 32.7 Å². The molecule has 1 heterocycles. The lowest BCUT2D eigenvalue weighted by atomic mass is 10.1. The van der Waals surface area contributed by atoms with Gasteiger partial charge in [-0.3, -0.25) is 4.79 Å². The zero-order valence-corrected chi connectivity index (χ0v) is 12.1. The number of carbonyl (C=O) groups is 1. The monoisotopic (exact) mass is 278 g/mol. The van der Waals surface area contributed by atoms with Crippen molar-refractivity contribution in [3.8, 4) is 11.5 Å². The Labute approximate surface area is 119 Å². The second-order valence-corrected chi connectivity index (χ2v) is 4.95. The van der Waals surface area contributed by atoms with E-state index in [0.29, 0.717) is 29.6 Å². The molecule has 5 nitrogen and oxygen atoms in total. The fourth-order valence-electron chi connectivity index (χ4n) is 2.43. The molecule has 110 valence electrons. The van der Waals surface area contributed by atoms with Crippen molar-refractivity contribution in [2.75, 3.05) is 26.1 Å². The van der Waals surface area contributed by atoms with Crippen molar-refractivity contribution < 1.29 is 14.3 Å². The Morgan fingerprint density at radius 3 is 2.90 bits per heavy atom. The third-order valence-electron chi connectivity index (χ3n) is 3.56. The normalized spacial score (nSPS) is 17.8. The van der Waals surface area contributed by atoms with Gasteiger partial charge in [0.2, 0.25) is 5.91 Å². The van der Waals surface area contributed by atoms with Gasteiger partial charge in [-0.25, -0.2) is 0 Å². The summed E-state index contributed by atoms with van der Waals surface area (Å²) in [5.41, 5.74) is 0.649. The second-order valence-electron chi connectivity index (χ2n) is 4.95. The standard InChI is InChI=1S/C15H22N2O3/c1-19-12-6-7-14(20-2)13(10-12)17-15(18)8-5-11-4-3-9-16-11/h6-7,10-11,16H,3-5,8-9H2,1-2H3,(H,17,18).